The number of hydrogen-bond donors (Lipinski definition) is 1. The predicted octanol–water partition coefficient (Wildman–Crippen LogP) is 3.28. The van der Waals surface area contributed by atoms with Crippen LogP contribution in [-0.4, -0.2) is 43.2 Å². The SMILES string of the molecule is CNCC1CCN(C(=O)CCSc2ccccc2Cl)CC1. The molecule has 2 rings (SSSR count). The smallest absolute Gasteiger partial charge is 0.223 e. The van der Waals surface area contributed by atoms with E-state index in [0.29, 0.717) is 6.42 Å². The summed E-state index contributed by atoms with van der Waals surface area (Å²) in [5.74, 6) is 1.79. The lowest BCUT2D eigenvalue weighted by atomic mass is 9.97. The summed E-state index contributed by atoms with van der Waals surface area (Å²) in [6.07, 6.45) is 2.82. The molecule has 1 aromatic carbocycles. The van der Waals surface area contributed by atoms with E-state index in [-0.39, 0.29) is 5.91 Å². The van der Waals surface area contributed by atoms with Gasteiger partial charge in [-0.05, 0) is 44.5 Å². The van der Waals surface area contributed by atoms with Crippen molar-refractivity contribution in [1.29, 1.82) is 0 Å². The van der Waals surface area contributed by atoms with Crippen molar-refractivity contribution < 1.29 is 4.79 Å². The summed E-state index contributed by atoms with van der Waals surface area (Å²) in [4.78, 5) is 15.3. The van der Waals surface area contributed by atoms with Crippen LogP contribution in [0.1, 0.15) is 19.3 Å². The normalized spacial score (nSPS) is 16.2. The topological polar surface area (TPSA) is 32.3 Å². The molecule has 1 aliphatic rings. The summed E-state index contributed by atoms with van der Waals surface area (Å²) >= 11 is 7.77. The van der Waals surface area contributed by atoms with Gasteiger partial charge in [0.1, 0.15) is 0 Å². The first-order valence-corrected chi connectivity index (χ1v) is 8.86. The lowest BCUT2D eigenvalue weighted by Gasteiger charge is -2.32. The Morgan fingerprint density at radius 1 is 1.38 bits per heavy atom. The van der Waals surface area contributed by atoms with E-state index in [1.54, 1.807) is 11.8 Å². The number of nitrogens with one attached hydrogen (secondary N) is 1. The van der Waals surface area contributed by atoms with Crippen LogP contribution >= 0.6 is 23.4 Å². The fraction of sp³-hybridized carbons (Fsp3) is 0.562. The van der Waals surface area contributed by atoms with Gasteiger partial charge in [0.2, 0.25) is 5.91 Å². The minimum atomic E-state index is 0.275. The van der Waals surface area contributed by atoms with E-state index >= 15 is 0 Å². The predicted molar refractivity (Wildman–Crippen MR) is 90.0 cm³/mol. The highest BCUT2D eigenvalue weighted by Crippen LogP contribution is 2.27. The van der Waals surface area contributed by atoms with E-state index in [1.807, 2.05) is 36.2 Å². The van der Waals surface area contributed by atoms with Crippen LogP contribution in [0.15, 0.2) is 29.2 Å². The van der Waals surface area contributed by atoms with Crippen LogP contribution in [0.3, 0.4) is 0 Å². The largest absolute Gasteiger partial charge is 0.343 e. The highest BCUT2D eigenvalue weighted by molar-refractivity contribution is 7.99. The average molecular weight is 327 g/mol. The van der Waals surface area contributed by atoms with Gasteiger partial charge in [0, 0.05) is 30.2 Å². The molecule has 0 bridgehead atoms. The van der Waals surface area contributed by atoms with E-state index in [9.17, 15) is 4.79 Å². The number of benzene rings is 1. The van der Waals surface area contributed by atoms with Gasteiger partial charge in [0.05, 0.1) is 5.02 Å². The van der Waals surface area contributed by atoms with Gasteiger partial charge in [0.25, 0.3) is 0 Å². The molecular weight excluding hydrogens is 304 g/mol. The summed E-state index contributed by atoms with van der Waals surface area (Å²) in [6, 6.07) is 7.79. The molecule has 3 nitrogen and oxygen atoms in total. The van der Waals surface area contributed by atoms with Crippen molar-refractivity contribution in [2.45, 2.75) is 24.2 Å². The Bertz CT molecular complexity index is 461. The Kier molecular flexibility index (Phi) is 6.87. The molecule has 5 heteroatoms. The fourth-order valence-electron chi connectivity index (χ4n) is 2.64. The fourth-order valence-corrected chi connectivity index (χ4v) is 3.82. The van der Waals surface area contributed by atoms with Crippen LogP contribution in [0, 0.1) is 5.92 Å². The van der Waals surface area contributed by atoms with Gasteiger partial charge in [-0.15, -0.1) is 11.8 Å². The van der Waals surface area contributed by atoms with E-state index in [4.69, 9.17) is 11.6 Å². The molecule has 0 atom stereocenters. The monoisotopic (exact) mass is 326 g/mol. The maximum atomic E-state index is 12.2. The third-order valence-electron chi connectivity index (χ3n) is 3.87. The quantitative estimate of drug-likeness (QED) is 0.814. The van der Waals surface area contributed by atoms with Crippen LogP contribution in [-0.2, 0) is 4.79 Å². The van der Waals surface area contributed by atoms with E-state index in [0.717, 1.165) is 54.1 Å². The minimum Gasteiger partial charge on any atom is -0.343 e. The summed E-state index contributed by atoms with van der Waals surface area (Å²) in [7, 11) is 1.99. The number of thioether (sulfide) groups is 1. The number of nitrogens with zero attached hydrogens (tertiary/aromatic N) is 1. The first-order valence-electron chi connectivity index (χ1n) is 7.50. The molecule has 0 spiro atoms. The zero-order valence-corrected chi connectivity index (χ0v) is 14.1. The van der Waals surface area contributed by atoms with Crippen molar-refractivity contribution in [2.24, 2.45) is 5.92 Å². The summed E-state index contributed by atoms with van der Waals surface area (Å²) in [5.41, 5.74) is 0. The van der Waals surface area contributed by atoms with Gasteiger partial charge in [-0.3, -0.25) is 4.79 Å². The van der Waals surface area contributed by atoms with Crippen molar-refractivity contribution in [3.8, 4) is 0 Å². The highest BCUT2D eigenvalue weighted by atomic mass is 35.5. The van der Waals surface area contributed by atoms with Crippen LogP contribution < -0.4 is 5.32 Å². The second kappa shape index (κ2) is 8.66. The number of carbonyl (C=O) groups excluding carboxylic acids is 1. The van der Waals surface area contributed by atoms with Crippen LogP contribution in [0.25, 0.3) is 0 Å². The molecule has 1 fully saturated rings. The molecule has 1 amide bonds. The number of piperidine rings is 1. The zero-order valence-electron chi connectivity index (χ0n) is 12.5. The Balaban J connectivity index is 1.70. The molecule has 0 aliphatic carbocycles. The standard InChI is InChI=1S/C16H23ClN2OS/c1-18-12-13-6-9-19(10-7-13)16(20)8-11-21-15-5-3-2-4-14(15)17/h2-5,13,18H,6-12H2,1H3. The molecule has 0 unspecified atom stereocenters. The maximum Gasteiger partial charge on any atom is 0.223 e. The number of hydrogen-bond acceptors (Lipinski definition) is 3. The highest BCUT2D eigenvalue weighted by Gasteiger charge is 2.21. The van der Waals surface area contributed by atoms with E-state index in [2.05, 4.69) is 5.32 Å². The summed E-state index contributed by atoms with van der Waals surface area (Å²) in [6.45, 7) is 2.87. The minimum absolute atomic E-state index is 0.275. The third-order valence-corrected chi connectivity index (χ3v) is 5.39. The zero-order chi connectivity index (χ0) is 15.1. The van der Waals surface area contributed by atoms with Crippen LogP contribution in [0.5, 0.6) is 0 Å². The van der Waals surface area contributed by atoms with Gasteiger partial charge in [-0.25, -0.2) is 0 Å². The number of rotatable bonds is 6. The lowest BCUT2D eigenvalue weighted by Crippen LogP contribution is -2.40. The molecule has 1 heterocycles. The van der Waals surface area contributed by atoms with Crippen LogP contribution in [0.2, 0.25) is 5.02 Å². The average Bonchev–Trinajstić information content (AvgIpc) is 2.50. The first-order chi connectivity index (χ1) is 10.2. The van der Waals surface area contributed by atoms with E-state index < -0.39 is 0 Å². The third kappa shape index (κ3) is 5.20. The van der Waals surface area contributed by atoms with Crippen molar-refractivity contribution in [3.63, 3.8) is 0 Å². The van der Waals surface area contributed by atoms with E-state index in [1.165, 1.54) is 0 Å². The lowest BCUT2D eigenvalue weighted by molar-refractivity contribution is -0.132. The Morgan fingerprint density at radius 3 is 2.76 bits per heavy atom. The van der Waals surface area contributed by atoms with Gasteiger partial charge in [-0.2, -0.15) is 0 Å². The number of amides is 1. The summed E-state index contributed by atoms with van der Waals surface area (Å²) in [5, 5.41) is 3.99. The van der Waals surface area contributed by atoms with Crippen molar-refractivity contribution in [1.82, 2.24) is 10.2 Å². The van der Waals surface area contributed by atoms with Crippen molar-refractivity contribution in [3.05, 3.63) is 29.3 Å². The van der Waals surface area contributed by atoms with Crippen LogP contribution in [0.4, 0.5) is 0 Å². The Morgan fingerprint density at radius 2 is 2.10 bits per heavy atom. The molecule has 1 aliphatic heterocycles. The molecule has 116 valence electrons. The number of carbonyl (C=O) groups is 1. The maximum absolute atomic E-state index is 12.2. The second-order valence-corrected chi connectivity index (χ2v) is 6.95. The molecule has 21 heavy (non-hydrogen) atoms. The molecular formula is C16H23ClN2OS. The Hall–Kier alpha value is -0.710. The number of halogens is 1. The second-order valence-electron chi connectivity index (χ2n) is 5.41. The number of likely N-dealkylation sites (tertiary alicyclic amines) is 1. The van der Waals surface area contributed by atoms with Gasteiger partial charge < -0.3 is 10.2 Å². The Labute approximate surface area is 136 Å². The van der Waals surface area contributed by atoms with Crippen molar-refractivity contribution in [2.75, 3.05) is 32.4 Å². The molecule has 1 aromatic rings. The molecule has 0 aromatic heterocycles. The summed E-state index contributed by atoms with van der Waals surface area (Å²) < 4.78 is 0. The molecule has 0 radical (unpaired) electrons. The molecule has 1 saturated heterocycles. The molecule has 1 N–H and O–H groups in total. The molecule has 0 saturated carbocycles. The first kappa shape index (κ1) is 16.7. The van der Waals surface area contributed by atoms with Gasteiger partial charge >= 0.3 is 0 Å². The van der Waals surface area contributed by atoms with Gasteiger partial charge in [-0.1, -0.05) is 23.7 Å². The van der Waals surface area contributed by atoms with Gasteiger partial charge in [0.15, 0.2) is 0 Å². The van der Waals surface area contributed by atoms with Crippen molar-refractivity contribution >= 4 is 29.3 Å².